The number of H-pyrrole nitrogens is 1. The third kappa shape index (κ3) is 4.40. The number of hydrogen-bond acceptors (Lipinski definition) is 7. The number of hydrogen-bond donors (Lipinski definition) is 2. The Balaban J connectivity index is 1.27. The monoisotopic (exact) mass is 510 g/mol. The van der Waals surface area contributed by atoms with E-state index in [1.54, 1.807) is 4.52 Å². The molecule has 2 fully saturated rings. The third-order valence-electron chi connectivity index (χ3n) is 7.20. The summed E-state index contributed by atoms with van der Waals surface area (Å²) in [6.07, 6.45) is 2.03. The first-order valence-electron chi connectivity index (χ1n) is 12.2. The summed E-state index contributed by atoms with van der Waals surface area (Å²) in [5.74, 6) is 2.03. The van der Waals surface area contributed by atoms with Gasteiger partial charge in [-0.25, -0.2) is 4.52 Å². The SMILES string of the molecule is C[C@@]1(C(=O)Cc2ccc(C(F)(F)F)nc2)CCCN1c1nc(Nc2cc(C3CC3)[nH]n2)c2cccn2n1. The first-order chi connectivity index (χ1) is 17.7. The normalized spacial score (nSPS) is 20.1. The van der Waals surface area contributed by atoms with Gasteiger partial charge in [0.1, 0.15) is 11.2 Å². The Morgan fingerprint density at radius 1 is 1.27 bits per heavy atom. The summed E-state index contributed by atoms with van der Waals surface area (Å²) in [5, 5.41) is 15.4. The fourth-order valence-corrected chi connectivity index (χ4v) is 4.90. The van der Waals surface area contributed by atoms with Crippen molar-refractivity contribution in [2.75, 3.05) is 16.8 Å². The minimum atomic E-state index is -4.52. The maximum atomic E-state index is 13.5. The Labute approximate surface area is 210 Å². The number of alkyl halides is 3. The molecule has 0 aromatic carbocycles. The number of aromatic nitrogens is 6. The van der Waals surface area contributed by atoms with Crippen LogP contribution in [-0.2, 0) is 17.4 Å². The molecule has 1 saturated carbocycles. The van der Waals surface area contributed by atoms with Crippen molar-refractivity contribution in [3.05, 3.63) is 59.7 Å². The van der Waals surface area contributed by atoms with Crippen molar-refractivity contribution >= 4 is 28.9 Å². The molecule has 4 aromatic rings. The molecule has 9 nitrogen and oxygen atoms in total. The maximum absolute atomic E-state index is 13.5. The van der Waals surface area contributed by atoms with E-state index < -0.39 is 17.4 Å². The quantitative estimate of drug-likeness (QED) is 0.373. The summed E-state index contributed by atoms with van der Waals surface area (Å²) < 4.78 is 40.3. The molecular formula is C25H25F3N8O. The van der Waals surface area contributed by atoms with E-state index >= 15 is 0 Å². The topological polar surface area (TPSA) is 104 Å². The van der Waals surface area contributed by atoms with Gasteiger partial charge in [0, 0.05) is 43.0 Å². The fourth-order valence-electron chi connectivity index (χ4n) is 4.90. The molecule has 0 spiro atoms. The molecule has 4 aromatic heterocycles. The number of nitrogens with zero attached hydrogens (tertiary/aromatic N) is 6. The van der Waals surface area contributed by atoms with Gasteiger partial charge < -0.3 is 10.2 Å². The zero-order valence-electron chi connectivity index (χ0n) is 20.1. The minimum absolute atomic E-state index is 0.0355. The molecule has 2 aliphatic rings. The minimum Gasteiger partial charge on any atom is -0.327 e. The van der Waals surface area contributed by atoms with Gasteiger partial charge >= 0.3 is 6.18 Å². The van der Waals surface area contributed by atoms with Crippen molar-refractivity contribution in [1.29, 1.82) is 0 Å². The number of aromatic amines is 1. The second-order valence-corrected chi connectivity index (χ2v) is 9.88. The van der Waals surface area contributed by atoms with E-state index in [4.69, 9.17) is 4.98 Å². The molecule has 1 atom stereocenters. The van der Waals surface area contributed by atoms with Gasteiger partial charge in [0.2, 0.25) is 5.95 Å². The standard InChI is InChI=1S/C25H25F3N8O/c1-24(20(37)12-15-5-8-19(29-14-15)25(26,27)28)9-3-10-35(24)23-31-22(18-4-2-11-36(18)34-23)30-21-13-17(32-33-21)16-6-7-16/h2,4-5,8,11,13-14,16H,3,6-7,9-10,12H2,1H3,(H2,30,31,32,33,34)/t24-/m0/s1. The molecule has 6 rings (SSSR count). The molecule has 37 heavy (non-hydrogen) atoms. The fraction of sp³-hybridized carbons (Fsp3) is 0.400. The van der Waals surface area contributed by atoms with Crippen molar-refractivity contribution in [2.24, 2.45) is 0 Å². The van der Waals surface area contributed by atoms with Gasteiger partial charge in [-0.1, -0.05) is 6.07 Å². The number of Topliss-reactive ketones (excluding diaryl/α,β-unsaturated/α-hetero) is 1. The lowest BCUT2D eigenvalue weighted by Crippen LogP contribution is -2.49. The summed E-state index contributed by atoms with van der Waals surface area (Å²) in [7, 11) is 0. The van der Waals surface area contributed by atoms with Crippen molar-refractivity contribution in [2.45, 2.75) is 56.7 Å². The summed E-state index contributed by atoms with van der Waals surface area (Å²) >= 11 is 0. The van der Waals surface area contributed by atoms with Crippen LogP contribution in [0.3, 0.4) is 0 Å². The Bertz CT molecular complexity index is 1460. The Morgan fingerprint density at radius 2 is 2.11 bits per heavy atom. The lowest BCUT2D eigenvalue weighted by Gasteiger charge is -2.34. The summed E-state index contributed by atoms with van der Waals surface area (Å²) in [4.78, 5) is 23.6. The van der Waals surface area contributed by atoms with E-state index in [0.29, 0.717) is 42.0 Å². The highest BCUT2D eigenvalue weighted by molar-refractivity contribution is 5.93. The van der Waals surface area contributed by atoms with E-state index in [9.17, 15) is 18.0 Å². The van der Waals surface area contributed by atoms with Crippen LogP contribution in [0.25, 0.3) is 5.52 Å². The smallest absolute Gasteiger partial charge is 0.327 e. The van der Waals surface area contributed by atoms with Gasteiger partial charge in [-0.15, -0.1) is 5.10 Å². The molecule has 1 saturated heterocycles. The number of carbonyl (C=O) groups is 1. The molecule has 0 bridgehead atoms. The Hall–Kier alpha value is -3.96. The van der Waals surface area contributed by atoms with Crippen LogP contribution in [0.2, 0.25) is 0 Å². The molecule has 1 aliphatic carbocycles. The molecule has 5 heterocycles. The van der Waals surface area contributed by atoms with Gasteiger partial charge in [-0.3, -0.25) is 14.9 Å². The van der Waals surface area contributed by atoms with Gasteiger partial charge in [-0.2, -0.15) is 23.3 Å². The predicted octanol–water partition coefficient (Wildman–Crippen LogP) is 4.66. The average molecular weight is 511 g/mol. The highest BCUT2D eigenvalue weighted by Crippen LogP contribution is 2.40. The lowest BCUT2D eigenvalue weighted by atomic mass is 9.89. The van der Waals surface area contributed by atoms with Crippen molar-refractivity contribution in [1.82, 2.24) is 29.8 Å². The van der Waals surface area contributed by atoms with Gasteiger partial charge in [-0.05, 0) is 56.4 Å². The largest absolute Gasteiger partial charge is 0.433 e. The highest BCUT2D eigenvalue weighted by atomic mass is 19.4. The van der Waals surface area contributed by atoms with Crippen LogP contribution >= 0.6 is 0 Å². The van der Waals surface area contributed by atoms with Crippen molar-refractivity contribution in [3.63, 3.8) is 0 Å². The van der Waals surface area contributed by atoms with Crippen LogP contribution in [0.15, 0.2) is 42.7 Å². The molecule has 1 aliphatic heterocycles. The van der Waals surface area contributed by atoms with Gasteiger partial charge in [0.15, 0.2) is 17.4 Å². The predicted molar refractivity (Wildman–Crippen MR) is 130 cm³/mol. The molecular weight excluding hydrogens is 485 g/mol. The number of halogens is 3. The number of pyridine rings is 1. The first kappa shape index (κ1) is 23.4. The van der Waals surface area contributed by atoms with Crippen LogP contribution in [0, 0.1) is 0 Å². The summed E-state index contributed by atoms with van der Waals surface area (Å²) in [5.41, 5.74) is 0.403. The second-order valence-electron chi connectivity index (χ2n) is 9.88. The van der Waals surface area contributed by atoms with Crippen molar-refractivity contribution in [3.8, 4) is 0 Å². The summed E-state index contributed by atoms with van der Waals surface area (Å²) in [6, 6.07) is 7.96. The number of ketones is 1. The van der Waals surface area contributed by atoms with Crippen LogP contribution in [0.5, 0.6) is 0 Å². The second kappa shape index (κ2) is 8.56. The average Bonchev–Trinajstić information content (AvgIpc) is 3.23. The van der Waals surface area contributed by atoms with Crippen LogP contribution in [0.1, 0.15) is 55.5 Å². The number of fused-ring (bicyclic) bond motifs is 1. The molecule has 192 valence electrons. The zero-order valence-corrected chi connectivity index (χ0v) is 20.1. The van der Waals surface area contributed by atoms with Crippen LogP contribution in [0.4, 0.5) is 30.8 Å². The molecule has 2 N–H and O–H groups in total. The van der Waals surface area contributed by atoms with Crippen LogP contribution < -0.4 is 10.2 Å². The first-order valence-corrected chi connectivity index (χ1v) is 12.2. The van der Waals surface area contributed by atoms with E-state index in [2.05, 4.69) is 25.6 Å². The molecule has 0 amide bonds. The molecule has 12 heteroatoms. The maximum Gasteiger partial charge on any atom is 0.433 e. The van der Waals surface area contributed by atoms with E-state index in [0.717, 1.165) is 42.7 Å². The van der Waals surface area contributed by atoms with Gasteiger partial charge in [0.05, 0.1) is 5.54 Å². The van der Waals surface area contributed by atoms with Crippen molar-refractivity contribution < 1.29 is 18.0 Å². The molecule has 0 unspecified atom stereocenters. The lowest BCUT2D eigenvalue weighted by molar-refractivity contribution is -0.141. The van der Waals surface area contributed by atoms with Gasteiger partial charge in [0.25, 0.3) is 0 Å². The van der Waals surface area contributed by atoms with E-state index in [-0.39, 0.29) is 12.2 Å². The Morgan fingerprint density at radius 3 is 2.84 bits per heavy atom. The number of anilines is 3. The number of nitrogens with one attached hydrogen (secondary N) is 2. The number of rotatable bonds is 7. The summed E-state index contributed by atoms with van der Waals surface area (Å²) in [6.45, 7) is 2.42. The van der Waals surface area contributed by atoms with E-state index in [1.165, 1.54) is 6.07 Å². The third-order valence-corrected chi connectivity index (χ3v) is 7.20. The Kier molecular flexibility index (Phi) is 5.42. The van der Waals surface area contributed by atoms with Crippen LogP contribution in [-0.4, -0.2) is 47.6 Å². The highest BCUT2D eigenvalue weighted by Gasteiger charge is 2.44. The molecule has 0 radical (unpaired) electrons. The zero-order chi connectivity index (χ0) is 25.8. The van der Waals surface area contributed by atoms with E-state index in [1.807, 2.05) is 36.2 Å². The number of carbonyl (C=O) groups excluding carboxylic acids is 1.